The topological polar surface area (TPSA) is 126 Å². The minimum atomic E-state index is -4.14. The predicted octanol–water partition coefficient (Wildman–Crippen LogP) is 2.69. The number of sulfonamides is 1. The summed E-state index contributed by atoms with van der Waals surface area (Å²) in [5.41, 5.74) is 4.72. The Morgan fingerprint density at radius 3 is 2.41 bits per heavy atom. The Hall–Kier alpha value is -4.22. The van der Waals surface area contributed by atoms with Crippen LogP contribution in [-0.2, 0) is 24.3 Å². The van der Waals surface area contributed by atoms with Crippen LogP contribution in [-0.4, -0.2) is 52.8 Å². The molecule has 0 fully saturated rings. The van der Waals surface area contributed by atoms with E-state index in [9.17, 15) is 18.0 Å². The number of nitrogens with one attached hydrogen (secondary N) is 2. The van der Waals surface area contributed by atoms with E-state index in [0.29, 0.717) is 35.9 Å². The Labute approximate surface area is 214 Å². The minimum absolute atomic E-state index is 0.0182. The van der Waals surface area contributed by atoms with Crippen molar-refractivity contribution in [3.63, 3.8) is 0 Å². The molecule has 4 rings (SSSR count). The molecule has 1 aliphatic heterocycles. The zero-order valence-corrected chi connectivity index (χ0v) is 21.1. The molecule has 3 aromatic carbocycles. The molecule has 0 saturated carbocycles. The van der Waals surface area contributed by atoms with Gasteiger partial charge in [0, 0.05) is 12.7 Å². The van der Waals surface area contributed by atoms with Gasteiger partial charge in [0.25, 0.3) is 21.8 Å². The van der Waals surface area contributed by atoms with E-state index in [1.54, 1.807) is 55.6 Å². The predicted molar refractivity (Wildman–Crippen MR) is 139 cm³/mol. The summed E-state index contributed by atoms with van der Waals surface area (Å²) in [4.78, 5) is 25.1. The molecule has 0 aliphatic carbocycles. The number of carbonyl (C=O) groups excluding carboxylic acids is 2. The van der Waals surface area contributed by atoms with Crippen LogP contribution in [0.25, 0.3) is 0 Å². The number of aryl methyl sites for hydroxylation is 1. The second-order valence-electron chi connectivity index (χ2n) is 8.15. The average molecular weight is 523 g/mol. The lowest BCUT2D eigenvalue weighted by atomic mass is 10.1. The van der Waals surface area contributed by atoms with Crippen LogP contribution >= 0.6 is 0 Å². The molecule has 0 atom stereocenters. The van der Waals surface area contributed by atoms with Crippen LogP contribution < -0.4 is 19.8 Å². The number of benzene rings is 3. The highest BCUT2D eigenvalue weighted by molar-refractivity contribution is 7.92. The van der Waals surface area contributed by atoms with Gasteiger partial charge in [0.05, 0.1) is 22.9 Å². The summed E-state index contributed by atoms with van der Waals surface area (Å²) in [6.45, 7) is 2.03. The van der Waals surface area contributed by atoms with Gasteiger partial charge in [0.1, 0.15) is 18.9 Å². The molecule has 0 spiro atoms. The second kappa shape index (κ2) is 11.2. The Bertz CT molecular complexity index is 1420. The molecule has 10 nitrogen and oxygen atoms in total. The highest BCUT2D eigenvalue weighted by atomic mass is 32.2. The van der Waals surface area contributed by atoms with Crippen molar-refractivity contribution >= 4 is 38.9 Å². The summed E-state index contributed by atoms with van der Waals surface area (Å²) < 4.78 is 38.6. The quantitative estimate of drug-likeness (QED) is 0.311. The van der Waals surface area contributed by atoms with E-state index >= 15 is 0 Å². The molecule has 0 aromatic heterocycles. The van der Waals surface area contributed by atoms with E-state index in [0.717, 1.165) is 9.87 Å². The van der Waals surface area contributed by atoms with Crippen molar-refractivity contribution in [2.45, 2.75) is 11.8 Å². The summed E-state index contributed by atoms with van der Waals surface area (Å²) in [6.07, 6.45) is 0. The molecule has 0 saturated heterocycles. The van der Waals surface area contributed by atoms with Crippen molar-refractivity contribution < 1.29 is 27.5 Å². The van der Waals surface area contributed by atoms with Gasteiger partial charge in [-0.25, -0.2) is 13.8 Å². The third-order valence-corrected chi connectivity index (χ3v) is 7.30. The molecule has 0 radical (unpaired) electrons. The number of para-hydroxylation sites is 1. The van der Waals surface area contributed by atoms with Crippen molar-refractivity contribution in [1.29, 1.82) is 0 Å². The third-order valence-electron chi connectivity index (χ3n) is 5.51. The van der Waals surface area contributed by atoms with Gasteiger partial charge in [-0.1, -0.05) is 35.9 Å². The van der Waals surface area contributed by atoms with Gasteiger partial charge >= 0.3 is 0 Å². The largest absolute Gasteiger partial charge is 0.491 e. The van der Waals surface area contributed by atoms with E-state index in [4.69, 9.17) is 9.47 Å². The number of rotatable bonds is 10. The van der Waals surface area contributed by atoms with E-state index < -0.39 is 28.4 Å². The molecular formula is C26H26N4O6S. The molecule has 3 aromatic rings. The van der Waals surface area contributed by atoms with Crippen LogP contribution in [0.15, 0.2) is 82.8 Å². The van der Waals surface area contributed by atoms with E-state index in [1.165, 1.54) is 24.3 Å². The molecule has 1 heterocycles. The number of fused-ring (bicyclic) bond motifs is 1. The highest BCUT2D eigenvalue weighted by Gasteiger charge is 2.29. The minimum Gasteiger partial charge on any atom is -0.491 e. The fourth-order valence-corrected chi connectivity index (χ4v) is 5.02. The number of carbonyl (C=O) groups is 2. The van der Waals surface area contributed by atoms with Crippen molar-refractivity contribution in [2.24, 2.45) is 5.10 Å². The molecule has 37 heavy (non-hydrogen) atoms. The maximum atomic E-state index is 13.6. The van der Waals surface area contributed by atoms with Crippen LogP contribution in [0.5, 0.6) is 5.75 Å². The number of hydrogen-bond acceptors (Lipinski definition) is 7. The smallest absolute Gasteiger partial charge is 0.276 e. The monoisotopic (exact) mass is 522 g/mol. The van der Waals surface area contributed by atoms with Crippen molar-refractivity contribution in [3.05, 3.63) is 83.9 Å². The lowest BCUT2D eigenvalue weighted by Crippen LogP contribution is -2.40. The Morgan fingerprint density at radius 1 is 1.00 bits per heavy atom. The SMILES string of the molecule is COCCOc1ccc(S(=O)(=O)N(CC(=O)N/N=C2\C(=O)Nc3ccccc32)c2ccc(C)cc2)cc1. The first kappa shape index (κ1) is 25.9. The van der Waals surface area contributed by atoms with E-state index in [1.807, 2.05) is 6.92 Å². The fourth-order valence-electron chi connectivity index (χ4n) is 3.60. The second-order valence-corrected chi connectivity index (χ2v) is 10.0. The molecule has 11 heteroatoms. The first-order valence-electron chi connectivity index (χ1n) is 11.4. The number of amides is 2. The van der Waals surface area contributed by atoms with Gasteiger partial charge in [-0.3, -0.25) is 13.9 Å². The Balaban J connectivity index is 1.57. The molecule has 1 aliphatic rings. The van der Waals surface area contributed by atoms with Crippen LogP contribution in [0.3, 0.4) is 0 Å². The maximum absolute atomic E-state index is 13.6. The first-order chi connectivity index (χ1) is 17.8. The number of ether oxygens (including phenoxy) is 2. The molecule has 192 valence electrons. The number of hydrogen-bond donors (Lipinski definition) is 2. The van der Waals surface area contributed by atoms with Crippen LogP contribution in [0.4, 0.5) is 11.4 Å². The van der Waals surface area contributed by atoms with Gasteiger partial charge in [0.2, 0.25) is 0 Å². The fraction of sp³-hybridized carbons (Fsp3) is 0.192. The molecule has 0 unspecified atom stereocenters. The maximum Gasteiger partial charge on any atom is 0.276 e. The van der Waals surface area contributed by atoms with Crippen LogP contribution in [0.1, 0.15) is 11.1 Å². The summed E-state index contributed by atoms with van der Waals surface area (Å²) in [5.74, 6) is -0.688. The van der Waals surface area contributed by atoms with Gasteiger partial charge in [-0.15, -0.1) is 0 Å². The van der Waals surface area contributed by atoms with E-state index in [-0.39, 0.29) is 10.6 Å². The summed E-state index contributed by atoms with van der Waals surface area (Å²) >= 11 is 0. The Morgan fingerprint density at radius 2 is 1.70 bits per heavy atom. The summed E-state index contributed by atoms with van der Waals surface area (Å²) in [5, 5.41) is 6.63. The molecule has 2 N–H and O–H groups in total. The van der Waals surface area contributed by atoms with Crippen molar-refractivity contribution in [1.82, 2.24) is 5.43 Å². The number of nitrogens with zero attached hydrogens (tertiary/aromatic N) is 2. The summed E-state index contributed by atoms with van der Waals surface area (Å²) in [6, 6.07) is 19.6. The zero-order valence-electron chi connectivity index (χ0n) is 20.3. The average Bonchev–Trinajstić information content (AvgIpc) is 3.22. The zero-order chi connectivity index (χ0) is 26.4. The lowest BCUT2D eigenvalue weighted by molar-refractivity contribution is -0.119. The molecule has 2 amide bonds. The van der Waals surface area contributed by atoms with Gasteiger partial charge in [-0.2, -0.15) is 5.10 Å². The lowest BCUT2D eigenvalue weighted by Gasteiger charge is -2.24. The third kappa shape index (κ3) is 5.96. The summed E-state index contributed by atoms with van der Waals surface area (Å²) in [7, 11) is -2.58. The van der Waals surface area contributed by atoms with E-state index in [2.05, 4.69) is 15.8 Å². The number of anilines is 2. The normalized spacial score (nSPS) is 13.7. The standard InChI is InChI=1S/C26H26N4O6S/c1-18-7-9-19(10-8-18)30(37(33,34)21-13-11-20(12-14-21)36-16-15-35-2)17-24(31)28-29-25-22-5-3-4-6-23(22)27-26(25)32/h3-14H,15-17H2,1-2H3,(H,28,31)(H,27,29,32). The number of methoxy groups -OCH3 is 1. The molecular weight excluding hydrogens is 496 g/mol. The van der Waals surface area contributed by atoms with Crippen molar-refractivity contribution in [3.8, 4) is 5.75 Å². The number of hydrazone groups is 1. The Kier molecular flexibility index (Phi) is 7.85. The molecule has 0 bridgehead atoms. The first-order valence-corrected chi connectivity index (χ1v) is 12.8. The van der Waals surface area contributed by atoms with Crippen molar-refractivity contribution in [2.75, 3.05) is 36.5 Å². The van der Waals surface area contributed by atoms with Gasteiger partial charge < -0.3 is 14.8 Å². The van der Waals surface area contributed by atoms with Gasteiger partial charge in [-0.05, 0) is 49.4 Å². The van der Waals surface area contributed by atoms with Gasteiger partial charge in [0.15, 0.2) is 5.71 Å². The van der Waals surface area contributed by atoms with Crippen LogP contribution in [0.2, 0.25) is 0 Å². The van der Waals surface area contributed by atoms with Crippen LogP contribution in [0, 0.1) is 6.92 Å². The highest BCUT2D eigenvalue weighted by Crippen LogP contribution is 2.26.